The second-order valence-corrected chi connectivity index (χ2v) is 7.42. The molecule has 2 saturated heterocycles. The number of aliphatic imine (C=N–C) groups is 1. The summed E-state index contributed by atoms with van der Waals surface area (Å²) in [5.41, 5.74) is 0.0959. The molecule has 3 heterocycles. The van der Waals surface area contributed by atoms with Crippen molar-refractivity contribution >= 4 is 35.9 Å². The Kier molecular flexibility index (Phi) is 9.16. The molecule has 2 aliphatic rings. The van der Waals surface area contributed by atoms with Gasteiger partial charge in [0.25, 0.3) is 0 Å². The first-order valence-corrected chi connectivity index (χ1v) is 9.95. The van der Waals surface area contributed by atoms with Crippen LogP contribution in [0.3, 0.4) is 0 Å². The van der Waals surface area contributed by atoms with Crippen LogP contribution in [0.15, 0.2) is 23.5 Å². The SMILES string of the molecule is CCNC(=NCC1(N(C)C)CCOCC1)N1CCN(c2ncccn2)CC1.I. The number of halogens is 1. The van der Waals surface area contributed by atoms with Crippen molar-refractivity contribution in [1.29, 1.82) is 0 Å². The van der Waals surface area contributed by atoms with E-state index in [1.165, 1.54) is 0 Å². The van der Waals surface area contributed by atoms with Gasteiger partial charge in [-0.1, -0.05) is 0 Å². The third-order valence-corrected chi connectivity index (χ3v) is 5.64. The topological polar surface area (TPSA) is 69.1 Å². The number of piperazine rings is 1. The molecule has 8 nitrogen and oxygen atoms in total. The number of nitrogens with zero attached hydrogens (tertiary/aromatic N) is 6. The normalized spacial score (nSPS) is 20.1. The average Bonchev–Trinajstić information content (AvgIpc) is 2.72. The Hall–Kier alpha value is -1.20. The van der Waals surface area contributed by atoms with E-state index >= 15 is 0 Å². The zero-order valence-corrected chi connectivity index (χ0v) is 19.6. The van der Waals surface area contributed by atoms with E-state index in [1.54, 1.807) is 12.4 Å². The number of rotatable bonds is 5. The van der Waals surface area contributed by atoms with Gasteiger partial charge in [0.1, 0.15) is 0 Å². The van der Waals surface area contributed by atoms with E-state index in [0.717, 1.165) is 77.2 Å². The molecule has 0 amide bonds. The second kappa shape index (κ2) is 11.1. The minimum Gasteiger partial charge on any atom is -0.381 e. The fourth-order valence-electron chi connectivity index (χ4n) is 3.72. The molecule has 0 aliphatic carbocycles. The molecular weight excluding hydrogens is 469 g/mol. The maximum absolute atomic E-state index is 5.58. The van der Waals surface area contributed by atoms with Crippen LogP contribution in [0.2, 0.25) is 0 Å². The number of nitrogens with one attached hydrogen (secondary N) is 1. The number of ether oxygens (including phenoxy) is 1. The van der Waals surface area contributed by atoms with Crippen molar-refractivity contribution in [3.63, 3.8) is 0 Å². The molecule has 1 aromatic heterocycles. The highest BCUT2D eigenvalue weighted by molar-refractivity contribution is 14.0. The van der Waals surface area contributed by atoms with E-state index < -0.39 is 0 Å². The van der Waals surface area contributed by atoms with Crippen molar-refractivity contribution in [1.82, 2.24) is 25.1 Å². The average molecular weight is 503 g/mol. The van der Waals surface area contributed by atoms with Crippen LogP contribution >= 0.6 is 24.0 Å². The molecule has 0 radical (unpaired) electrons. The first kappa shape index (κ1) is 23.1. The lowest BCUT2D eigenvalue weighted by molar-refractivity contribution is -0.00264. The van der Waals surface area contributed by atoms with E-state index in [-0.39, 0.29) is 29.5 Å². The lowest BCUT2D eigenvalue weighted by Crippen LogP contribution is -2.54. The largest absolute Gasteiger partial charge is 0.381 e. The number of hydrogen-bond acceptors (Lipinski definition) is 6. The summed E-state index contributed by atoms with van der Waals surface area (Å²) in [6, 6.07) is 1.85. The summed E-state index contributed by atoms with van der Waals surface area (Å²) < 4.78 is 5.58. The Balaban J connectivity index is 0.00000280. The first-order chi connectivity index (χ1) is 13.1. The van der Waals surface area contributed by atoms with Gasteiger partial charge in [-0.2, -0.15) is 0 Å². The molecule has 0 saturated carbocycles. The maximum atomic E-state index is 5.58. The molecule has 0 bridgehead atoms. The zero-order chi connectivity index (χ0) is 19.1. The van der Waals surface area contributed by atoms with Crippen molar-refractivity contribution in [2.24, 2.45) is 4.99 Å². The predicted molar refractivity (Wildman–Crippen MR) is 124 cm³/mol. The lowest BCUT2D eigenvalue weighted by atomic mass is 9.89. The molecule has 2 aliphatic heterocycles. The highest BCUT2D eigenvalue weighted by atomic mass is 127. The van der Waals surface area contributed by atoms with Crippen molar-refractivity contribution in [3.8, 4) is 0 Å². The van der Waals surface area contributed by atoms with Gasteiger partial charge in [0.05, 0.1) is 6.54 Å². The van der Waals surface area contributed by atoms with E-state index in [4.69, 9.17) is 9.73 Å². The van der Waals surface area contributed by atoms with Crippen LogP contribution in [-0.2, 0) is 4.74 Å². The third-order valence-electron chi connectivity index (χ3n) is 5.64. The summed E-state index contributed by atoms with van der Waals surface area (Å²) in [4.78, 5) is 20.7. The van der Waals surface area contributed by atoms with Gasteiger partial charge in [0.15, 0.2) is 5.96 Å². The minimum atomic E-state index is 0. The molecule has 0 atom stereocenters. The smallest absolute Gasteiger partial charge is 0.225 e. The summed E-state index contributed by atoms with van der Waals surface area (Å²) in [5.74, 6) is 1.83. The van der Waals surface area contributed by atoms with Crippen LogP contribution in [0.25, 0.3) is 0 Å². The summed E-state index contributed by atoms with van der Waals surface area (Å²) >= 11 is 0. The van der Waals surface area contributed by atoms with Crippen LogP contribution in [0.4, 0.5) is 5.95 Å². The standard InChI is InChI=1S/C19H33N7O.HI/c1-4-20-17(23-16-19(24(2)3)6-14-27-15-7-19)25-10-12-26(13-11-25)18-21-8-5-9-22-18;/h5,8-9H,4,6-7,10-16H2,1-3H3,(H,20,23);1H. The van der Waals surface area contributed by atoms with Crippen LogP contribution in [0.1, 0.15) is 19.8 Å². The lowest BCUT2D eigenvalue weighted by Gasteiger charge is -2.42. The number of guanidine groups is 1. The Morgan fingerprint density at radius 3 is 2.39 bits per heavy atom. The number of likely N-dealkylation sites (N-methyl/N-ethyl adjacent to an activating group) is 1. The molecule has 0 spiro atoms. The summed E-state index contributed by atoms with van der Waals surface area (Å²) in [6.07, 6.45) is 5.66. The van der Waals surface area contributed by atoms with Crippen LogP contribution in [0.5, 0.6) is 0 Å². The van der Waals surface area contributed by atoms with Gasteiger partial charge in [-0.05, 0) is 39.9 Å². The number of anilines is 1. The fourth-order valence-corrected chi connectivity index (χ4v) is 3.72. The Bertz CT molecular complexity index is 600. The molecule has 1 aromatic rings. The van der Waals surface area contributed by atoms with E-state index in [2.05, 4.69) is 51.0 Å². The third kappa shape index (κ3) is 5.66. The minimum absolute atomic E-state index is 0. The predicted octanol–water partition coefficient (Wildman–Crippen LogP) is 1.29. The monoisotopic (exact) mass is 503 g/mol. The van der Waals surface area contributed by atoms with Gasteiger partial charge in [-0.3, -0.25) is 4.99 Å². The molecule has 3 rings (SSSR count). The summed E-state index contributed by atoms with van der Waals surface area (Å²) in [6.45, 7) is 9.08. The second-order valence-electron chi connectivity index (χ2n) is 7.42. The van der Waals surface area contributed by atoms with E-state index in [9.17, 15) is 0 Å². The van der Waals surface area contributed by atoms with Gasteiger partial charge in [0, 0.05) is 63.9 Å². The Morgan fingerprint density at radius 1 is 1.18 bits per heavy atom. The van der Waals surface area contributed by atoms with E-state index in [1.807, 2.05) is 6.07 Å². The molecule has 9 heteroatoms. The van der Waals surface area contributed by atoms with Crippen LogP contribution in [0, 0.1) is 0 Å². The molecule has 0 unspecified atom stereocenters. The fraction of sp³-hybridized carbons (Fsp3) is 0.737. The van der Waals surface area contributed by atoms with Crippen molar-refractivity contribution in [2.75, 3.05) is 71.5 Å². The quantitative estimate of drug-likeness (QED) is 0.369. The Morgan fingerprint density at radius 2 is 1.82 bits per heavy atom. The molecule has 158 valence electrons. The molecular formula is C19H34IN7O. The molecule has 1 N–H and O–H groups in total. The Labute approximate surface area is 185 Å². The molecule has 2 fully saturated rings. The van der Waals surface area contributed by atoms with Crippen molar-refractivity contribution in [2.45, 2.75) is 25.3 Å². The van der Waals surface area contributed by atoms with Crippen molar-refractivity contribution < 1.29 is 4.74 Å². The first-order valence-electron chi connectivity index (χ1n) is 9.95. The highest BCUT2D eigenvalue weighted by Crippen LogP contribution is 2.26. The number of hydrogen-bond donors (Lipinski definition) is 1. The maximum Gasteiger partial charge on any atom is 0.225 e. The van der Waals surface area contributed by atoms with E-state index in [0.29, 0.717) is 0 Å². The van der Waals surface area contributed by atoms with Gasteiger partial charge in [-0.15, -0.1) is 24.0 Å². The molecule has 0 aromatic carbocycles. The summed E-state index contributed by atoms with van der Waals surface area (Å²) in [5, 5.41) is 3.48. The summed E-state index contributed by atoms with van der Waals surface area (Å²) in [7, 11) is 4.32. The van der Waals surface area contributed by atoms with Crippen molar-refractivity contribution in [3.05, 3.63) is 18.5 Å². The highest BCUT2D eigenvalue weighted by Gasteiger charge is 2.35. The van der Waals surface area contributed by atoms with Crippen LogP contribution in [-0.4, -0.2) is 97.8 Å². The van der Waals surface area contributed by atoms with Gasteiger partial charge in [-0.25, -0.2) is 9.97 Å². The van der Waals surface area contributed by atoms with Gasteiger partial charge >= 0.3 is 0 Å². The number of aromatic nitrogens is 2. The zero-order valence-electron chi connectivity index (χ0n) is 17.3. The molecule has 28 heavy (non-hydrogen) atoms. The van der Waals surface area contributed by atoms with Gasteiger partial charge in [0.2, 0.25) is 5.95 Å². The van der Waals surface area contributed by atoms with Gasteiger partial charge < -0.3 is 24.8 Å². The van der Waals surface area contributed by atoms with Crippen LogP contribution < -0.4 is 10.2 Å².